The van der Waals surface area contributed by atoms with Crippen LogP contribution in [0, 0.1) is 17.8 Å². The van der Waals surface area contributed by atoms with Gasteiger partial charge in [0, 0.05) is 13.1 Å². The first-order chi connectivity index (χ1) is 13.6. The van der Waals surface area contributed by atoms with Crippen molar-refractivity contribution in [3.05, 3.63) is 0 Å². The number of aliphatic hydroxyl groups excluding tert-OH is 1. The molecule has 0 aliphatic carbocycles. The topological polar surface area (TPSA) is 108 Å². The lowest BCUT2D eigenvalue weighted by atomic mass is 9.62. The van der Waals surface area contributed by atoms with Crippen molar-refractivity contribution in [1.29, 1.82) is 0 Å². The normalized spacial score (nSPS) is 40.0. The van der Waals surface area contributed by atoms with Gasteiger partial charge in [-0.2, -0.15) is 0 Å². The minimum Gasteiger partial charge on any atom is -0.394 e. The fraction of sp³-hybridized carbons (Fsp3) is 0.857. The van der Waals surface area contributed by atoms with Gasteiger partial charge < -0.3 is 25.4 Å². The number of ether oxygens (including phenoxy) is 1. The highest BCUT2D eigenvalue weighted by Crippen LogP contribution is 2.65. The van der Waals surface area contributed by atoms with Gasteiger partial charge in [-0.25, -0.2) is 0 Å². The van der Waals surface area contributed by atoms with E-state index < -0.39 is 35.1 Å². The van der Waals surface area contributed by atoms with Crippen molar-refractivity contribution in [2.24, 2.45) is 17.8 Å². The zero-order valence-electron chi connectivity index (χ0n) is 18.3. The Kier molecular flexibility index (Phi) is 5.73. The van der Waals surface area contributed by atoms with E-state index in [0.717, 1.165) is 12.8 Å². The number of hydrogen-bond donors (Lipinski definition) is 3. The number of likely N-dealkylation sites (tertiary alicyclic amines) is 1. The van der Waals surface area contributed by atoms with Gasteiger partial charge in [0.2, 0.25) is 17.7 Å². The summed E-state index contributed by atoms with van der Waals surface area (Å²) in [6.07, 6.45) is 2.29. The van der Waals surface area contributed by atoms with Crippen molar-refractivity contribution in [2.75, 3.05) is 13.7 Å². The molecular weight excluding hydrogens is 374 g/mol. The maximum atomic E-state index is 13.6. The van der Waals surface area contributed by atoms with Crippen LogP contribution in [0.3, 0.4) is 0 Å². The molecule has 3 aliphatic rings. The molecule has 8 heteroatoms. The second kappa shape index (κ2) is 7.54. The minimum atomic E-state index is -1.05. The second-order valence-electron chi connectivity index (χ2n) is 9.29. The van der Waals surface area contributed by atoms with Gasteiger partial charge in [-0.15, -0.1) is 0 Å². The standard InChI is InChI=1S/C21H35N3O5/c1-7-8-12(3)23-18(27)16-21-9-11(2)20(5,29-21)14(17(26)22-6)15(21)19(28)24(16)13(4)10-25/h11-16,25H,7-10H2,1-6H3,(H,22,26)(H,23,27)/t11?,12?,13-,14-,15+,16?,20+,21?/m1/s1. The van der Waals surface area contributed by atoms with E-state index in [4.69, 9.17) is 4.74 Å². The molecule has 3 amide bonds. The Bertz CT molecular complexity index is 700. The number of amides is 3. The molecule has 3 heterocycles. The summed E-state index contributed by atoms with van der Waals surface area (Å²) < 4.78 is 6.52. The number of carbonyl (C=O) groups excluding carboxylic acids is 3. The Morgan fingerprint density at radius 2 is 2.00 bits per heavy atom. The van der Waals surface area contributed by atoms with Crippen molar-refractivity contribution >= 4 is 17.7 Å². The number of hydrogen-bond acceptors (Lipinski definition) is 5. The first-order valence-corrected chi connectivity index (χ1v) is 10.7. The highest BCUT2D eigenvalue weighted by atomic mass is 16.5. The summed E-state index contributed by atoms with van der Waals surface area (Å²) in [6.45, 7) is 9.34. The van der Waals surface area contributed by atoms with Crippen molar-refractivity contribution in [1.82, 2.24) is 15.5 Å². The van der Waals surface area contributed by atoms with Crippen molar-refractivity contribution in [3.8, 4) is 0 Å². The van der Waals surface area contributed by atoms with E-state index in [1.807, 2.05) is 20.8 Å². The van der Waals surface area contributed by atoms with Gasteiger partial charge in [0.25, 0.3) is 0 Å². The molecular formula is C21H35N3O5. The molecule has 0 saturated carbocycles. The molecule has 29 heavy (non-hydrogen) atoms. The average molecular weight is 410 g/mol. The smallest absolute Gasteiger partial charge is 0.246 e. The van der Waals surface area contributed by atoms with Gasteiger partial charge in [-0.1, -0.05) is 20.3 Å². The summed E-state index contributed by atoms with van der Waals surface area (Å²) in [5, 5.41) is 15.5. The SMILES string of the molecule is CCCC(C)NC(=O)C1N([C@H](C)CO)C(=O)[C@@H]2[C@H](C(=O)NC)[C@@]3(C)OC12CC3C. The van der Waals surface area contributed by atoms with E-state index >= 15 is 0 Å². The third kappa shape index (κ3) is 2.98. The second-order valence-corrected chi connectivity index (χ2v) is 9.29. The molecule has 0 aromatic heterocycles. The lowest BCUT2D eigenvalue weighted by Crippen LogP contribution is -2.58. The molecule has 3 rings (SSSR count). The van der Waals surface area contributed by atoms with Crippen LogP contribution in [0.2, 0.25) is 0 Å². The van der Waals surface area contributed by atoms with Crippen LogP contribution >= 0.6 is 0 Å². The summed E-state index contributed by atoms with van der Waals surface area (Å²) in [6, 6.07) is -1.44. The van der Waals surface area contributed by atoms with Crippen LogP contribution in [-0.2, 0) is 19.1 Å². The summed E-state index contributed by atoms with van der Waals surface area (Å²) in [4.78, 5) is 41.3. The molecule has 4 unspecified atom stereocenters. The van der Waals surface area contributed by atoms with Crippen LogP contribution in [0.5, 0.6) is 0 Å². The van der Waals surface area contributed by atoms with Crippen molar-refractivity contribution in [3.63, 3.8) is 0 Å². The van der Waals surface area contributed by atoms with Gasteiger partial charge in [0.15, 0.2) is 0 Å². The maximum absolute atomic E-state index is 13.6. The summed E-state index contributed by atoms with van der Waals surface area (Å²) in [5.74, 6) is -2.16. The van der Waals surface area contributed by atoms with E-state index in [0.29, 0.717) is 6.42 Å². The molecule has 0 aromatic rings. The molecule has 3 fully saturated rings. The molecule has 0 radical (unpaired) electrons. The Hall–Kier alpha value is -1.67. The van der Waals surface area contributed by atoms with Gasteiger partial charge in [-0.05, 0) is 39.5 Å². The molecule has 3 aliphatic heterocycles. The van der Waals surface area contributed by atoms with E-state index in [2.05, 4.69) is 17.6 Å². The predicted molar refractivity (Wildman–Crippen MR) is 107 cm³/mol. The lowest BCUT2D eigenvalue weighted by molar-refractivity contribution is -0.150. The highest BCUT2D eigenvalue weighted by Gasteiger charge is 2.80. The Morgan fingerprint density at radius 1 is 1.34 bits per heavy atom. The number of carbonyl (C=O) groups is 3. The summed E-state index contributed by atoms with van der Waals surface area (Å²) in [5.41, 5.74) is -1.86. The molecule has 3 N–H and O–H groups in total. The van der Waals surface area contributed by atoms with Gasteiger partial charge in [0.1, 0.15) is 11.6 Å². The van der Waals surface area contributed by atoms with Gasteiger partial charge in [0.05, 0.1) is 30.1 Å². The summed E-state index contributed by atoms with van der Waals surface area (Å²) in [7, 11) is 1.55. The van der Waals surface area contributed by atoms with E-state index in [9.17, 15) is 19.5 Å². The molecule has 8 nitrogen and oxygen atoms in total. The van der Waals surface area contributed by atoms with Crippen LogP contribution < -0.4 is 10.6 Å². The zero-order valence-corrected chi connectivity index (χ0v) is 18.3. The third-order valence-corrected chi connectivity index (χ3v) is 7.38. The number of fused-ring (bicyclic) bond motifs is 1. The molecule has 3 saturated heterocycles. The number of rotatable bonds is 7. The molecule has 1 spiro atoms. The van der Waals surface area contributed by atoms with Gasteiger partial charge >= 0.3 is 0 Å². The van der Waals surface area contributed by atoms with E-state index in [1.54, 1.807) is 14.0 Å². The molecule has 2 bridgehead atoms. The monoisotopic (exact) mass is 409 g/mol. The van der Waals surface area contributed by atoms with Crippen molar-refractivity contribution < 1.29 is 24.2 Å². The first-order valence-electron chi connectivity index (χ1n) is 10.7. The average Bonchev–Trinajstić information content (AvgIpc) is 3.17. The predicted octanol–water partition coefficient (Wildman–Crippen LogP) is 0.429. The number of nitrogens with one attached hydrogen (secondary N) is 2. The fourth-order valence-corrected chi connectivity index (χ4v) is 5.92. The van der Waals surface area contributed by atoms with Crippen LogP contribution in [0.15, 0.2) is 0 Å². The molecule has 164 valence electrons. The molecule has 0 aromatic carbocycles. The fourth-order valence-electron chi connectivity index (χ4n) is 5.92. The quantitative estimate of drug-likeness (QED) is 0.565. The van der Waals surface area contributed by atoms with Crippen LogP contribution in [0.1, 0.15) is 53.9 Å². The Labute approximate surface area is 172 Å². The third-order valence-electron chi connectivity index (χ3n) is 7.38. The van der Waals surface area contributed by atoms with Gasteiger partial charge in [-0.3, -0.25) is 14.4 Å². The first kappa shape index (κ1) is 22.0. The van der Waals surface area contributed by atoms with Crippen molar-refractivity contribution in [2.45, 2.75) is 83.2 Å². The lowest BCUT2D eigenvalue weighted by Gasteiger charge is -2.36. The Balaban J connectivity index is 2.07. The highest BCUT2D eigenvalue weighted by molar-refractivity contribution is 5.99. The van der Waals surface area contributed by atoms with Crippen LogP contribution in [-0.4, -0.2) is 70.7 Å². The van der Waals surface area contributed by atoms with E-state index in [-0.39, 0.29) is 36.3 Å². The largest absolute Gasteiger partial charge is 0.394 e. The summed E-state index contributed by atoms with van der Waals surface area (Å²) >= 11 is 0. The Morgan fingerprint density at radius 3 is 2.55 bits per heavy atom. The number of aliphatic hydroxyl groups is 1. The molecule has 8 atom stereocenters. The van der Waals surface area contributed by atoms with Crippen LogP contribution in [0.25, 0.3) is 0 Å². The maximum Gasteiger partial charge on any atom is 0.246 e. The number of nitrogens with zero attached hydrogens (tertiary/aromatic N) is 1. The van der Waals surface area contributed by atoms with E-state index in [1.165, 1.54) is 4.90 Å². The minimum absolute atomic E-state index is 0.0154. The zero-order chi connectivity index (χ0) is 21.7. The van der Waals surface area contributed by atoms with Crippen LogP contribution in [0.4, 0.5) is 0 Å².